The SMILES string of the molecule is C=C/C=C\c1c(-c2csc(/C(C)=C/C(=C\CC)C(=O)O)n2)c[nH]c1C. The Bertz CT molecular complexity index is 866. The molecule has 0 aliphatic rings. The van der Waals surface area contributed by atoms with Gasteiger partial charge in [-0.1, -0.05) is 37.8 Å². The van der Waals surface area contributed by atoms with Crippen LogP contribution in [-0.2, 0) is 4.79 Å². The second-order valence-electron chi connectivity index (χ2n) is 5.57. The van der Waals surface area contributed by atoms with E-state index >= 15 is 0 Å². The number of aromatic amines is 1. The molecule has 25 heavy (non-hydrogen) atoms. The van der Waals surface area contributed by atoms with Gasteiger partial charge in [-0.05, 0) is 31.9 Å². The van der Waals surface area contributed by atoms with Gasteiger partial charge in [-0.15, -0.1) is 11.3 Å². The summed E-state index contributed by atoms with van der Waals surface area (Å²) >= 11 is 1.51. The van der Waals surface area contributed by atoms with Gasteiger partial charge in [0.2, 0.25) is 0 Å². The number of aryl methyl sites for hydroxylation is 1. The third-order valence-corrected chi connectivity index (χ3v) is 4.66. The molecule has 0 saturated heterocycles. The number of rotatable bonds is 7. The largest absolute Gasteiger partial charge is 0.478 e. The van der Waals surface area contributed by atoms with Gasteiger partial charge in [0, 0.05) is 28.4 Å². The predicted octanol–water partition coefficient (Wildman–Crippen LogP) is 5.47. The Kier molecular flexibility index (Phi) is 6.31. The molecule has 2 heterocycles. The molecule has 5 heteroatoms. The summed E-state index contributed by atoms with van der Waals surface area (Å²) in [6.45, 7) is 9.52. The van der Waals surface area contributed by atoms with Crippen LogP contribution in [0.1, 0.15) is 36.5 Å². The lowest BCUT2D eigenvalue weighted by Crippen LogP contribution is -1.98. The van der Waals surface area contributed by atoms with Gasteiger partial charge < -0.3 is 10.1 Å². The van der Waals surface area contributed by atoms with Crippen LogP contribution in [-0.4, -0.2) is 21.0 Å². The van der Waals surface area contributed by atoms with Crippen molar-refractivity contribution in [2.75, 3.05) is 0 Å². The van der Waals surface area contributed by atoms with E-state index in [1.165, 1.54) is 11.3 Å². The first-order valence-corrected chi connectivity index (χ1v) is 8.91. The molecule has 2 aromatic rings. The maximum Gasteiger partial charge on any atom is 0.335 e. The molecule has 0 saturated carbocycles. The highest BCUT2D eigenvalue weighted by Gasteiger charge is 2.13. The van der Waals surface area contributed by atoms with Crippen molar-refractivity contribution in [2.45, 2.75) is 27.2 Å². The lowest BCUT2D eigenvalue weighted by atomic mass is 10.1. The van der Waals surface area contributed by atoms with Crippen LogP contribution in [0.3, 0.4) is 0 Å². The number of carboxylic acid groups (broad SMARTS) is 1. The molecular formula is C20H22N2O2S. The van der Waals surface area contributed by atoms with Gasteiger partial charge in [0.1, 0.15) is 5.01 Å². The van der Waals surface area contributed by atoms with Crippen molar-refractivity contribution in [3.8, 4) is 11.3 Å². The monoisotopic (exact) mass is 354 g/mol. The molecule has 0 fully saturated rings. The molecular weight excluding hydrogens is 332 g/mol. The van der Waals surface area contributed by atoms with Gasteiger partial charge in [-0.2, -0.15) is 0 Å². The van der Waals surface area contributed by atoms with Gasteiger partial charge in [0.05, 0.1) is 11.3 Å². The first-order valence-electron chi connectivity index (χ1n) is 8.03. The number of nitrogens with one attached hydrogen (secondary N) is 1. The summed E-state index contributed by atoms with van der Waals surface area (Å²) in [5.74, 6) is -0.920. The summed E-state index contributed by atoms with van der Waals surface area (Å²) in [6, 6.07) is 0. The Morgan fingerprint density at radius 2 is 2.24 bits per heavy atom. The zero-order valence-corrected chi connectivity index (χ0v) is 15.5. The van der Waals surface area contributed by atoms with Crippen LogP contribution >= 0.6 is 11.3 Å². The number of hydrogen-bond donors (Lipinski definition) is 2. The first kappa shape index (κ1) is 18.7. The van der Waals surface area contributed by atoms with Crippen molar-refractivity contribution in [3.63, 3.8) is 0 Å². The van der Waals surface area contributed by atoms with E-state index in [-0.39, 0.29) is 0 Å². The van der Waals surface area contributed by atoms with Crippen LogP contribution in [0.5, 0.6) is 0 Å². The highest BCUT2D eigenvalue weighted by Crippen LogP contribution is 2.31. The fourth-order valence-electron chi connectivity index (χ4n) is 2.43. The molecule has 0 unspecified atom stereocenters. The van der Waals surface area contributed by atoms with Crippen LogP contribution in [0, 0.1) is 6.92 Å². The Morgan fingerprint density at radius 1 is 1.48 bits per heavy atom. The number of thiazole rings is 1. The van der Waals surface area contributed by atoms with E-state index in [9.17, 15) is 9.90 Å². The number of carboxylic acids is 1. The molecule has 0 amide bonds. The van der Waals surface area contributed by atoms with Crippen molar-refractivity contribution in [3.05, 3.63) is 64.3 Å². The number of H-pyrrole nitrogens is 1. The van der Waals surface area contributed by atoms with E-state index in [2.05, 4.69) is 16.5 Å². The number of hydrogen-bond acceptors (Lipinski definition) is 3. The highest BCUT2D eigenvalue weighted by atomic mass is 32.1. The van der Waals surface area contributed by atoms with Gasteiger partial charge in [0.15, 0.2) is 0 Å². The topological polar surface area (TPSA) is 66.0 Å². The summed E-state index contributed by atoms with van der Waals surface area (Å²) in [6.07, 6.45) is 11.6. The smallest absolute Gasteiger partial charge is 0.335 e. The van der Waals surface area contributed by atoms with Crippen molar-refractivity contribution >= 4 is 29.0 Å². The van der Waals surface area contributed by atoms with E-state index in [0.29, 0.717) is 12.0 Å². The van der Waals surface area contributed by atoms with E-state index < -0.39 is 5.97 Å². The van der Waals surface area contributed by atoms with E-state index in [1.807, 2.05) is 44.5 Å². The van der Waals surface area contributed by atoms with E-state index in [0.717, 1.165) is 33.1 Å². The van der Waals surface area contributed by atoms with Gasteiger partial charge in [-0.3, -0.25) is 0 Å². The summed E-state index contributed by atoms with van der Waals surface area (Å²) < 4.78 is 0. The van der Waals surface area contributed by atoms with Gasteiger partial charge in [0.25, 0.3) is 0 Å². The minimum Gasteiger partial charge on any atom is -0.478 e. The minimum absolute atomic E-state index is 0.295. The van der Waals surface area contributed by atoms with Crippen LogP contribution in [0.4, 0.5) is 0 Å². The van der Waals surface area contributed by atoms with Crippen LogP contribution in [0.2, 0.25) is 0 Å². The number of allylic oxidation sites excluding steroid dienone is 4. The molecule has 0 aliphatic carbocycles. The average molecular weight is 354 g/mol. The molecule has 0 bridgehead atoms. The third kappa shape index (κ3) is 4.45. The maximum absolute atomic E-state index is 11.3. The van der Waals surface area contributed by atoms with Crippen molar-refractivity contribution in [2.24, 2.45) is 0 Å². The zero-order valence-electron chi connectivity index (χ0n) is 14.7. The quantitative estimate of drug-likeness (QED) is 0.512. The molecule has 0 radical (unpaired) electrons. The highest BCUT2D eigenvalue weighted by molar-refractivity contribution is 7.11. The fraction of sp³-hybridized carbons (Fsp3) is 0.200. The Morgan fingerprint density at radius 3 is 2.88 bits per heavy atom. The van der Waals surface area contributed by atoms with Crippen LogP contribution in [0.25, 0.3) is 22.9 Å². The summed E-state index contributed by atoms with van der Waals surface area (Å²) in [5.41, 5.74) is 5.17. The Balaban J connectivity index is 2.38. The maximum atomic E-state index is 11.3. The van der Waals surface area contributed by atoms with Crippen LogP contribution < -0.4 is 0 Å². The summed E-state index contributed by atoms with van der Waals surface area (Å²) in [4.78, 5) is 19.2. The molecule has 4 nitrogen and oxygen atoms in total. The number of aliphatic carboxylic acids is 1. The van der Waals surface area contributed by atoms with Crippen molar-refractivity contribution in [1.29, 1.82) is 0 Å². The lowest BCUT2D eigenvalue weighted by molar-refractivity contribution is -0.132. The molecule has 0 spiro atoms. The lowest BCUT2D eigenvalue weighted by Gasteiger charge is -1.99. The standard InChI is InChI=1S/C20H22N2O2S/c1-5-7-9-16-14(4)21-11-17(16)18-12-25-19(22-18)13(3)10-15(8-6-2)20(23)24/h5,7-12,21H,1,6H2,2-4H3,(H,23,24)/b9-7-,13-10+,15-8+. The predicted molar refractivity (Wildman–Crippen MR) is 106 cm³/mol. The molecule has 2 aromatic heterocycles. The summed E-state index contributed by atoms with van der Waals surface area (Å²) in [5, 5.41) is 12.1. The van der Waals surface area contributed by atoms with Crippen molar-refractivity contribution in [1.82, 2.24) is 9.97 Å². The second kappa shape index (κ2) is 8.44. The molecule has 0 aromatic carbocycles. The summed E-state index contributed by atoms with van der Waals surface area (Å²) in [7, 11) is 0. The second-order valence-corrected chi connectivity index (χ2v) is 6.43. The normalized spacial score (nSPS) is 12.8. The van der Waals surface area contributed by atoms with Gasteiger partial charge in [-0.25, -0.2) is 9.78 Å². The molecule has 2 N–H and O–H groups in total. The molecule has 0 aliphatic heterocycles. The number of carbonyl (C=O) groups is 1. The van der Waals surface area contributed by atoms with Gasteiger partial charge >= 0.3 is 5.97 Å². The minimum atomic E-state index is -0.920. The Hall–Kier alpha value is -2.66. The number of nitrogens with zero attached hydrogens (tertiary/aromatic N) is 1. The first-order chi connectivity index (χ1) is 12.0. The number of aromatic nitrogens is 2. The Labute approximate surface area is 151 Å². The molecule has 130 valence electrons. The van der Waals surface area contributed by atoms with E-state index in [1.54, 1.807) is 18.2 Å². The average Bonchev–Trinajstić information content (AvgIpc) is 3.19. The van der Waals surface area contributed by atoms with Crippen LogP contribution in [0.15, 0.2) is 48.0 Å². The zero-order chi connectivity index (χ0) is 18.4. The fourth-order valence-corrected chi connectivity index (χ4v) is 3.23. The molecule has 2 rings (SSSR count). The van der Waals surface area contributed by atoms with E-state index in [4.69, 9.17) is 0 Å². The third-order valence-electron chi connectivity index (χ3n) is 3.69. The van der Waals surface area contributed by atoms with Crippen molar-refractivity contribution < 1.29 is 9.90 Å². The molecule has 0 atom stereocenters.